The second kappa shape index (κ2) is 5.35. The fraction of sp³-hybridized carbons (Fsp3) is 0.417. The van der Waals surface area contributed by atoms with Gasteiger partial charge in [-0.15, -0.1) is 11.6 Å². The number of halogens is 1. The molecule has 1 amide bonds. The highest BCUT2D eigenvalue weighted by molar-refractivity contribution is 6.29. The van der Waals surface area contributed by atoms with Crippen LogP contribution < -0.4 is 5.32 Å². The smallest absolute Gasteiger partial charge is 0.271 e. The van der Waals surface area contributed by atoms with E-state index < -0.39 is 4.92 Å². The molecule has 6 heteroatoms. The number of anilines is 1. The zero-order valence-corrected chi connectivity index (χ0v) is 11.2. The van der Waals surface area contributed by atoms with Crippen molar-refractivity contribution in [3.63, 3.8) is 0 Å². The molecule has 0 aliphatic heterocycles. The minimum atomic E-state index is -0.497. The minimum absolute atomic E-state index is 0.0622. The van der Waals surface area contributed by atoms with Crippen molar-refractivity contribution in [2.45, 2.75) is 26.2 Å². The summed E-state index contributed by atoms with van der Waals surface area (Å²) in [7, 11) is 0. The van der Waals surface area contributed by atoms with E-state index in [2.05, 4.69) is 5.32 Å². The highest BCUT2D eigenvalue weighted by Crippen LogP contribution is 2.32. The molecular weight excluding hydrogens is 256 g/mol. The standard InChI is InChI=1S/C12H15ClN2O3/c1-12(2,3)9-5-4-8(15(17)18)6-10(9)14-11(16)7-13/h4-6H,7H2,1-3H3,(H,14,16). The van der Waals surface area contributed by atoms with Gasteiger partial charge in [-0.3, -0.25) is 14.9 Å². The van der Waals surface area contributed by atoms with Crippen LogP contribution in [0.1, 0.15) is 26.3 Å². The number of nitrogens with one attached hydrogen (secondary N) is 1. The molecule has 1 aromatic carbocycles. The number of hydrogen-bond acceptors (Lipinski definition) is 3. The number of alkyl halides is 1. The minimum Gasteiger partial charge on any atom is -0.325 e. The summed E-state index contributed by atoms with van der Waals surface area (Å²) < 4.78 is 0. The lowest BCUT2D eigenvalue weighted by atomic mass is 9.85. The Bertz CT molecular complexity index is 481. The summed E-state index contributed by atoms with van der Waals surface area (Å²) in [6.07, 6.45) is 0. The molecule has 0 heterocycles. The van der Waals surface area contributed by atoms with Crippen molar-refractivity contribution >= 4 is 28.9 Å². The summed E-state index contributed by atoms with van der Waals surface area (Å²) in [5, 5.41) is 13.3. The number of nitro groups is 1. The van der Waals surface area contributed by atoms with E-state index in [9.17, 15) is 14.9 Å². The summed E-state index contributed by atoms with van der Waals surface area (Å²) >= 11 is 5.42. The van der Waals surface area contributed by atoms with Gasteiger partial charge in [0.1, 0.15) is 5.88 Å². The van der Waals surface area contributed by atoms with E-state index in [1.807, 2.05) is 20.8 Å². The molecule has 1 rings (SSSR count). The molecule has 98 valence electrons. The highest BCUT2D eigenvalue weighted by Gasteiger charge is 2.21. The molecule has 0 aliphatic rings. The molecule has 0 atom stereocenters. The number of carbonyl (C=O) groups is 1. The molecule has 0 bridgehead atoms. The SMILES string of the molecule is CC(C)(C)c1ccc([N+](=O)[O-])cc1NC(=O)CCl. The van der Waals surface area contributed by atoms with E-state index in [-0.39, 0.29) is 22.9 Å². The highest BCUT2D eigenvalue weighted by atomic mass is 35.5. The fourth-order valence-corrected chi connectivity index (χ4v) is 1.65. The van der Waals surface area contributed by atoms with Crippen LogP contribution in [0.4, 0.5) is 11.4 Å². The maximum atomic E-state index is 11.3. The average molecular weight is 271 g/mol. The predicted octanol–water partition coefficient (Wildman–Crippen LogP) is 3.07. The molecule has 0 radical (unpaired) electrons. The van der Waals surface area contributed by atoms with Gasteiger partial charge in [-0.2, -0.15) is 0 Å². The van der Waals surface area contributed by atoms with Crippen molar-refractivity contribution in [1.29, 1.82) is 0 Å². The van der Waals surface area contributed by atoms with E-state index in [0.717, 1.165) is 5.56 Å². The molecule has 18 heavy (non-hydrogen) atoms. The summed E-state index contributed by atoms with van der Waals surface area (Å²) in [6.45, 7) is 5.89. The van der Waals surface area contributed by atoms with Gasteiger partial charge in [-0.05, 0) is 17.0 Å². The van der Waals surface area contributed by atoms with Crippen molar-refractivity contribution in [3.05, 3.63) is 33.9 Å². The Morgan fingerprint density at radius 2 is 2.06 bits per heavy atom. The lowest BCUT2D eigenvalue weighted by Gasteiger charge is -2.22. The lowest BCUT2D eigenvalue weighted by Crippen LogP contribution is -2.19. The second-order valence-electron chi connectivity index (χ2n) is 4.92. The van der Waals surface area contributed by atoms with Gasteiger partial charge < -0.3 is 5.32 Å². The molecule has 0 aromatic heterocycles. The quantitative estimate of drug-likeness (QED) is 0.521. The van der Waals surface area contributed by atoms with Crippen molar-refractivity contribution in [3.8, 4) is 0 Å². The maximum Gasteiger partial charge on any atom is 0.271 e. The zero-order chi connectivity index (χ0) is 13.9. The number of amides is 1. The third kappa shape index (κ3) is 3.43. The van der Waals surface area contributed by atoms with Crippen LogP contribution in [-0.4, -0.2) is 16.7 Å². The summed E-state index contributed by atoms with van der Waals surface area (Å²) in [4.78, 5) is 21.6. The van der Waals surface area contributed by atoms with Crippen LogP contribution in [-0.2, 0) is 10.2 Å². The van der Waals surface area contributed by atoms with Crippen molar-refractivity contribution < 1.29 is 9.72 Å². The Kier molecular flexibility index (Phi) is 4.29. The first-order chi connectivity index (χ1) is 8.25. The molecule has 0 saturated carbocycles. The number of rotatable bonds is 3. The van der Waals surface area contributed by atoms with E-state index in [4.69, 9.17) is 11.6 Å². The Morgan fingerprint density at radius 3 is 2.50 bits per heavy atom. The second-order valence-corrected chi connectivity index (χ2v) is 5.19. The molecule has 1 N–H and O–H groups in total. The topological polar surface area (TPSA) is 72.2 Å². The number of nitro benzene ring substituents is 1. The molecule has 0 aliphatic carbocycles. The summed E-state index contributed by atoms with van der Waals surface area (Å²) in [5.74, 6) is -0.575. The summed E-state index contributed by atoms with van der Waals surface area (Å²) in [6, 6.07) is 4.43. The first kappa shape index (κ1) is 14.4. The van der Waals surface area contributed by atoms with Gasteiger partial charge in [0.05, 0.1) is 10.6 Å². The van der Waals surface area contributed by atoms with Crippen LogP contribution in [0.2, 0.25) is 0 Å². The van der Waals surface area contributed by atoms with Crippen molar-refractivity contribution in [2.24, 2.45) is 0 Å². The van der Waals surface area contributed by atoms with E-state index in [1.54, 1.807) is 6.07 Å². The van der Waals surface area contributed by atoms with Crippen LogP contribution in [0.5, 0.6) is 0 Å². The molecular formula is C12H15ClN2O3. The lowest BCUT2D eigenvalue weighted by molar-refractivity contribution is -0.384. The van der Waals surface area contributed by atoms with Crippen molar-refractivity contribution in [1.82, 2.24) is 0 Å². The fourth-order valence-electron chi connectivity index (χ4n) is 1.59. The molecule has 1 aromatic rings. The van der Waals surface area contributed by atoms with Gasteiger partial charge in [0, 0.05) is 12.1 Å². The summed E-state index contributed by atoms with van der Waals surface area (Å²) in [5.41, 5.74) is 0.964. The van der Waals surface area contributed by atoms with Crippen LogP contribution in [0.25, 0.3) is 0 Å². The van der Waals surface area contributed by atoms with Crippen molar-refractivity contribution in [2.75, 3.05) is 11.2 Å². The van der Waals surface area contributed by atoms with Gasteiger partial charge in [0.2, 0.25) is 5.91 Å². The molecule has 0 unspecified atom stereocenters. The Morgan fingerprint density at radius 1 is 1.44 bits per heavy atom. The Balaban J connectivity index is 3.26. The van der Waals surface area contributed by atoms with Gasteiger partial charge in [-0.25, -0.2) is 0 Å². The monoisotopic (exact) mass is 270 g/mol. The normalized spacial score (nSPS) is 11.1. The van der Waals surface area contributed by atoms with Gasteiger partial charge in [0.25, 0.3) is 5.69 Å². The molecule has 0 fully saturated rings. The maximum absolute atomic E-state index is 11.3. The van der Waals surface area contributed by atoms with Crippen LogP contribution >= 0.6 is 11.6 Å². The number of carbonyl (C=O) groups excluding carboxylic acids is 1. The third-order valence-corrected chi connectivity index (χ3v) is 2.66. The van der Waals surface area contributed by atoms with Gasteiger partial charge in [-0.1, -0.05) is 20.8 Å². The number of benzene rings is 1. The van der Waals surface area contributed by atoms with E-state index in [0.29, 0.717) is 5.69 Å². The Labute approximate surface area is 110 Å². The van der Waals surface area contributed by atoms with Gasteiger partial charge >= 0.3 is 0 Å². The van der Waals surface area contributed by atoms with E-state index >= 15 is 0 Å². The first-order valence-corrected chi connectivity index (χ1v) is 5.94. The predicted molar refractivity (Wildman–Crippen MR) is 71.1 cm³/mol. The molecule has 5 nitrogen and oxygen atoms in total. The Hall–Kier alpha value is -1.62. The largest absolute Gasteiger partial charge is 0.325 e. The number of nitrogens with zero attached hydrogens (tertiary/aromatic N) is 1. The first-order valence-electron chi connectivity index (χ1n) is 5.40. The van der Waals surface area contributed by atoms with Crippen LogP contribution in [0.15, 0.2) is 18.2 Å². The van der Waals surface area contributed by atoms with Gasteiger partial charge in [0.15, 0.2) is 0 Å². The van der Waals surface area contributed by atoms with Crippen LogP contribution in [0, 0.1) is 10.1 Å². The zero-order valence-electron chi connectivity index (χ0n) is 10.5. The van der Waals surface area contributed by atoms with Crippen LogP contribution in [0.3, 0.4) is 0 Å². The molecule has 0 saturated heterocycles. The molecule has 0 spiro atoms. The number of non-ortho nitro benzene ring substituents is 1. The third-order valence-electron chi connectivity index (χ3n) is 2.42. The number of hydrogen-bond donors (Lipinski definition) is 1. The average Bonchev–Trinajstić information content (AvgIpc) is 2.27. The van der Waals surface area contributed by atoms with E-state index in [1.165, 1.54) is 12.1 Å².